The van der Waals surface area contributed by atoms with Gasteiger partial charge in [-0.3, -0.25) is 4.98 Å². The molecule has 22 heavy (non-hydrogen) atoms. The zero-order valence-corrected chi connectivity index (χ0v) is 13.7. The Morgan fingerprint density at radius 2 is 1.77 bits per heavy atom. The van der Waals surface area contributed by atoms with Gasteiger partial charge in [-0.1, -0.05) is 43.3 Å². The van der Waals surface area contributed by atoms with Gasteiger partial charge < -0.3 is 10.0 Å². The van der Waals surface area contributed by atoms with E-state index in [2.05, 4.69) is 36.1 Å². The molecule has 0 fully saturated rings. The molecule has 3 heteroatoms. The molecule has 0 unspecified atom stereocenters. The number of hydrogen-bond acceptors (Lipinski definition) is 3. The number of nitrogens with zero attached hydrogens (tertiary/aromatic N) is 2. The molecule has 2 rings (SSSR count). The third-order valence-electron chi connectivity index (χ3n) is 4.32. The molecule has 1 aromatic carbocycles. The maximum absolute atomic E-state index is 10.9. The van der Waals surface area contributed by atoms with E-state index in [0.717, 1.165) is 24.2 Å². The molecule has 0 aliphatic carbocycles. The van der Waals surface area contributed by atoms with Crippen LogP contribution in [-0.2, 0) is 5.41 Å². The van der Waals surface area contributed by atoms with Crippen LogP contribution >= 0.6 is 0 Å². The Balaban J connectivity index is 2.58. The molecule has 0 saturated heterocycles. The van der Waals surface area contributed by atoms with Crippen molar-refractivity contribution in [1.29, 1.82) is 0 Å². The molecule has 0 amide bonds. The second-order valence-corrected chi connectivity index (χ2v) is 6.03. The summed E-state index contributed by atoms with van der Waals surface area (Å²) in [7, 11) is 4.12. The van der Waals surface area contributed by atoms with Crippen molar-refractivity contribution in [3.05, 3.63) is 66.0 Å². The highest BCUT2D eigenvalue weighted by atomic mass is 16.3. The average Bonchev–Trinajstić information content (AvgIpc) is 2.57. The summed E-state index contributed by atoms with van der Waals surface area (Å²) in [4.78, 5) is 6.75. The molecule has 0 saturated carbocycles. The summed E-state index contributed by atoms with van der Waals surface area (Å²) in [5.74, 6) is 0. The van der Waals surface area contributed by atoms with E-state index in [1.165, 1.54) is 0 Å². The van der Waals surface area contributed by atoms with E-state index < -0.39 is 11.5 Å². The lowest BCUT2D eigenvalue weighted by Gasteiger charge is -2.39. The van der Waals surface area contributed by atoms with Crippen LogP contribution in [0.15, 0.2) is 54.7 Å². The predicted molar refractivity (Wildman–Crippen MR) is 90.9 cm³/mol. The first-order valence-corrected chi connectivity index (χ1v) is 7.91. The number of benzene rings is 1. The van der Waals surface area contributed by atoms with Gasteiger partial charge in [0.25, 0.3) is 0 Å². The van der Waals surface area contributed by atoms with Crippen molar-refractivity contribution in [2.24, 2.45) is 0 Å². The Hall–Kier alpha value is -1.71. The van der Waals surface area contributed by atoms with Crippen molar-refractivity contribution >= 4 is 0 Å². The monoisotopic (exact) mass is 298 g/mol. The van der Waals surface area contributed by atoms with Crippen molar-refractivity contribution in [2.45, 2.75) is 31.3 Å². The van der Waals surface area contributed by atoms with Crippen LogP contribution in [0.3, 0.4) is 0 Å². The molecule has 0 aliphatic heterocycles. The molecule has 0 aliphatic rings. The zero-order valence-electron chi connectivity index (χ0n) is 13.7. The zero-order chi connectivity index (χ0) is 16.0. The van der Waals surface area contributed by atoms with Crippen molar-refractivity contribution in [2.75, 3.05) is 20.6 Å². The van der Waals surface area contributed by atoms with Crippen LogP contribution < -0.4 is 0 Å². The van der Waals surface area contributed by atoms with Crippen LogP contribution in [0.2, 0.25) is 0 Å². The molecule has 0 radical (unpaired) electrons. The Labute approximate surface area is 133 Å². The van der Waals surface area contributed by atoms with Crippen LogP contribution in [0.4, 0.5) is 0 Å². The molecular formula is C19H26N2O. The Morgan fingerprint density at radius 3 is 2.32 bits per heavy atom. The van der Waals surface area contributed by atoms with Gasteiger partial charge in [-0.05, 0) is 51.2 Å². The van der Waals surface area contributed by atoms with Crippen molar-refractivity contribution in [3.63, 3.8) is 0 Å². The van der Waals surface area contributed by atoms with Crippen LogP contribution in [0.5, 0.6) is 0 Å². The number of aliphatic hydroxyl groups excluding tert-OH is 1. The lowest BCUT2D eigenvalue weighted by atomic mass is 9.69. The van der Waals surface area contributed by atoms with Crippen LogP contribution in [0, 0.1) is 0 Å². The number of pyridine rings is 1. The minimum atomic E-state index is -0.471. The summed E-state index contributed by atoms with van der Waals surface area (Å²) < 4.78 is 0. The molecule has 0 bridgehead atoms. The van der Waals surface area contributed by atoms with E-state index in [-0.39, 0.29) is 0 Å². The van der Waals surface area contributed by atoms with Crippen molar-refractivity contribution in [1.82, 2.24) is 9.88 Å². The van der Waals surface area contributed by atoms with Crippen molar-refractivity contribution in [3.8, 4) is 0 Å². The predicted octanol–water partition coefficient (Wildman–Crippen LogP) is 3.09. The third-order valence-corrected chi connectivity index (χ3v) is 4.32. The van der Waals surface area contributed by atoms with Gasteiger partial charge in [0.15, 0.2) is 0 Å². The lowest BCUT2D eigenvalue weighted by Crippen LogP contribution is -2.43. The van der Waals surface area contributed by atoms with Gasteiger partial charge in [-0.15, -0.1) is 0 Å². The number of hydrogen-bond donors (Lipinski definition) is 1. The van der Waals surface area contributed by atoms with E-state index >= 15 is 0 Å². The molecule has 2 aromatic rings. The molecular weight excluding hydrogens is 272 g/mol. The van der Waals surface area contributed by atoms with Gasteiger partial charge in [-0.2, -0.15) is 0 Å². The highest BCUT2D eigenvalue weighted by Crippen LogP contribution is 2.39. The van der Waals surface area contributed by atoms with Crippen LogP contribution in [-0.4, -0.2) is 41.7 Å². The fraction of sp³-hybridized carbons (Fsp3) is 0.421. The quantitative estimate of drug-likeness (QED) is 0.853. The third kappa shape index (κ3) is 3.37. The van der Waals surface area contributed by atoms with Gasteiger partial charge >= 0.3 is 0 Å². The molecule has 1 heterocycles. The molecule has 0 spiro atoms. The van der Waals surface area contributed by atoms with Crippen LogP contribution in [0.25, 0.3) is 0 Å². The lowest BCUT2D eigenvalue weighted by molar-refractivity contribution is 0.0853. The largest absolute Gasteiger partial charge is 0.392 e. The van der Waals surface area contributed by atoms with Gasteiger partial charge in [0, 0.05) is 6.20 Å². The number of aromatic nitrogens is 1. The van der Waals surface area contributed by atoms with Gasteiger partial charge in [0.2, 0.25) is 0 Å². The van der Waals surface area contributed by atoms with Gasteiger partial charge in [-0.25, -0.2) is 0 Å². The van der Waals surface area contributed by atoms with E-state index in [9.17, 15) is 5.11 Å². The van der Waals surface area contributed by atoms with Crippen LogP contribution in [0.1, 0.15) is 31.0 Å². The molecule has 3 nitrogen and oxygen atoms in total. The summed E-state index contributed by atoms with van der Waals surface area (Å²) in [5.41, 5.74) is 1.60. The maximum atomic E-state index is 10.9. The van der Waals surface area contributed by atoms with Crippen molar-refractivity contribution < 1.29 is 5.11 Å². The second-order valence-electron chi connectivity index (χ2n) is 6.03. The molecule has 2 atom stereocenters. The van der Waals surface area contributed by atoms with Gasteiger partial charge in [0.05, 0.1) is 17.2 Å². The number of rotatable bonds is 7. The summed E-state index contributed by atoms with van der Waals surface area (Å²) in [6.45, 7) is 2.92. The minimum absolute atomic E-state index is 0.468. The van der Waals surface area contributed by atoms with Gasteiger partial charge in [0.1, 0.15) is 0 Å². The Kier molecular flexibility index (Phi) is 5.69. The highest BCUT2D eigenvalue weighted by Gasteiger charge is 2.41. The fourth-order valence-electron chi connectivity index (χ4n) is 3.06. The van der Waals surface area contributed by atoms with E-state index in [1.807, 2.05) is 49.5 Å². The number of aliphatic hydroxyl groups is 1. The first kappa shape index (κ1) is 16.7. The van der Waals surface area contributed by atoms with E-state index in [1.54, 1.807) is 0 Å². The molecule has 1 aromatic heterocycles. The Morgan fingerprint density at radius 1 is 1.09 bits per heavy atom. The Bertz CT molecular complexity index is 515. The standard InChI is InChI=1S/C19H26N2O/c1-4-18(22)19(13-15-21(2)3,16-10-6-5-7-11-16)17-12-8-9-14-20-17/h5-12,14,18,22H,4,13,15H2,1-3H3/t18-,19-/m1/s1. The first-order valence-electron chi connectivity index (χ1n) is 7.91. The SMILES string of the molecule is CC[C@@H](O)[C@](CCN(C)C)(c1ccccc1)c1ccccn1. The smallest absolute Gasteiger partial charge is 0.0690 e. The molecule has 118 valence electrons. The summed E-state index contributed by atoms with van der Waals surface area (Å²) in [6, 6.07) is 16.2. The topological polar surface area (TPSA) is 36.4 Å². The summed E-state index contributed by atoms with van der Waals surface area (Å²) >= 11 is 0. The average molecular weight is 298 g/mol. The van der Waals surface area contributed by atoms with E-state index in [0.29, 0.717) is 6.42 Å². The first-order chi connectivity index (χ1) is 10.6. The minimum Gasteiger partial charge on any atom is -0.392 e. The molecule has 1 N–H and O–H groups in total. The summed E-state index contributed by atoms with van der Waals surface area (Å²) in [5, 5.41) is 10.9. The fourth-order valence-corrected chi connectivity index (χ4v) is 3.06. The van der Waals surface area contributed by atoms with E-state index in [4.69, 9.17) is 0 Å². The second kappa shape index (κ2) is 7.52. The summed E-state index contributed by atoms with van der Waals surface area (Å²) in [6.07, 6.45) is 2.87. The highest BCUT2D eigenvalue weighted by molar-refractivity contribution is 5.37. The maximum Gasteiger partial charge on any atom is 0.0690 e. The normalized spacial score (nSPS) is 15.5.